The van der Waals surface area contributed by atoms with E-state index in [-0.39, 0.29) is 10.6 Å². The fourth-order valence-corrected chi connectivity index (χ4v) is 2.38. The Balaban J connectivity index is 1.92. The Morgan fingerprint density at radius 3 is 3.06 bits per heavy atom. The van der Waals surface area contributed by atoms with Crippen LogP contribution in [-0.2, 0) is 0 Å². The SMILES string of the molecule is Cc1c(NCCC2CCNC2)cccc1[N+](=O)[O-]. The number of anilines is 1. The van der Waals surface area contributed by atoms with Crippen molar-refractivity contribution >= 4 is 11.4 Å². The molecule has 0 bridgehead atoms. The molecule has 0 aliphatic carbocycles. The number of nitrogens with zero attached hydrogens (tertiary/aromatic N) is 1. The van der Waals surface area contributed by atoms with Crippen LogP contribution in [-0.4, -0.2) is 24.6 Å². The van der Waals surface area contributed by atoms with E-state index in [1.54, 1.807) is 19.1 Å². The van der Waals surface area contributed by atoms with Crippen LogP contribution in [0.1, 0.15) is 18.4 Å². The summed E-state index contributed by atoms with van der Waals surface area (Å²) in [7, 11) is 0. The second-order valence-corrected chi connectivity index (χ2v) is 4.78. The Morgan fingerprint density at radius 2 is 2.39 bits per heavy atom. The first kappa shape index (κ1) is 12.8. The van der Waals surface area contributed by atoms with Gasteiger partial charge in [0, 0.05) is 23.9 Å². The summed E-state index contributed by atoms with van der Waals surface area (Å²) >= 11 is 0. The number of nitro benzene ring substituents is 1. The molecule has 0 radical (unpaired) electrons. The largest absolute Gasteiger partial charge is 0.385 e. The molecule has 1 aliphatic heterocycles. The molecule has 1 unspecified atom stereocenters. The molecule has 2 rings (SSSR count). The van der Waals surface area contributed by atoms with Crippen molar-refractivity contribution in [3.63, 3.8) is 0 Å². The molecule has 0 aromatic heterocycles. The maximum atomic E-state index is 10.8. The zero-order chi connectivity index (χ0) is 13.0. The Bertz CT molecular complexity index is 428. The van der Waals surface area contributed by atoms with Crippen molar-refractivity contribution in [1.29, 1.82) is 0 Å². The summed E-state index contributed by atoms with van der Waals surface area (Å²) in [5.74, 6) is 0.733. The van der Waals surface area contributed by atoms with Crippen LogP contribution in [0.2, 0.25) is 0 Å². The molecule has 5 heteroatoms. The quantitative estimate of drug-likeness (QED) is 0.620. The maximum Gasteiger partial charge on any atom is 0.274 e. The van der Waals surface area contributed by atoms with Crippen molar-refractivity contribution in [2.45, 2.75) is 19.8 Å². The maximum absolute atomic E-state index is 10.8. The van der Waals surface area contributed by atoms with Crippen molar-refractivity contribution in [2.75, 3.05) is 25.0 Å². The van der Waals surface area contributed by atoms with E-state index in [2.05, 4.69) is 10.6 Å². The van der Waals surface area contributed by atoms with Crippen LogP contribution in [0.4, 0.5) is 11.4 Å². The van der Waals surface area contributed by atoms with Gasteiger partial charge in [-0.15, -0.1) is 0 Å². The van der Waals surface area contributed by atoms with E-state index in [1.807, 2.05) is 6.07 Å². The Hall–Kier alpha value is -1.62. The van der Waals surface area contributed by atoms with Gasteiger partial charge in [-0.25, -0.2) is 0 Å². The highest BCUT2D eigenvalue weighted by Crippen LogP contribution is 2.25. The van der Waals surface area contributed by atoms with Gasteiger partial charge in [0.2, 0.25) is 0 Å². The zero-order valence-electron chi connectivity index (χ0n) is 10.6. The van der Waals surface area contributed by atoms with Gasteiger partial charge in [-0.3, -0.25) is 10.1 Å². The molecule has 0 saturated carbocycles. The normalized spacial score (nSPS) is 18.8. The minimum atomic E-state index is -0.332. The van der Waals surface area contributed by atoms with E-state index in [9.17, 15) is 10.1 Å². The number of nitro groups is 1. The molecule has 5 nitrogen and oxygen atoms in total. The van der Waals surface area contributed by atoms with E-state index in [0.29, 0.717) is 5.56 Å². The lowest BCUT2D eigenvalue weighted by atomic mass is 10.0. The number of nitrogens with one attached hydrogen (secondary N) is 2. The highest BCUT2D eigenvalue weighted by atomic mass is 16.6. The molecule has 18 heavy (non-hydrogen) atoms. The Morgan fingerprint density at radius 1 is 1.56 bits per heavy atom. The summed E-state index contributed by atoms with van der Waals surface area (Å²) in [5, 5.41) is 17.5. The van der Waals surface area contributed by atoms with Crippen molar-refractivity contribution < 1.29 is 4.92 Å². The van der Waals surface area contributed by atoms with Crippen LogP contribution in [0, 0.1) is 23.0 Å². The predicted octanol–water partition coefficient (Wildman–Crippen LogP) is 2.31. The summed E-state index contributed by atoms with van der Waals surface area (Å²) in [6.07, 6.45) is 2.34. The molecule has 1 aromatic carbocycles. The summed E-state index contributed by atoms with van der Waals surface area (Å²) < 4.78 is 0. The molecular formula is C13H19N3O2. The highest BCUT2D eigenvalue weighted by molar-refractivity contribution is 5.59. The van der Waals surface area contributed by atoms with Crippen LogP contribution < -0.4 is 10.6 Å². The van der Waals surface area contributed by atoms with Crippen molar-refractivity contribution in [1.82, 2.24) is 5.32 Å². The first-order chi connectivity index (χ1) is 8.68. The Kier molecular flexibility index (Phi) is 4.15. The van der Waals surface area contributed by atoms with Gasteiger partial charge in [0.1, 0.15) is 0 Å². The third-order valence-corrected chi connectivity index (χ3v) is 3.53. The minimum Gasteiger partial charge on any atom is -0.385 e. The fraction of sp³-hybridized carbons (Fsp3) is 0.538. The van der Waals surface area contributed by atoms with Gasteiger partial charge in [0.05, 0.1) is 4.92 Å². The van der Waals surface area contributed by atoms with Gasteiger partial charge in [-0.1, -0.05) is 6.07 Å². The molecule has 0 amide bonds. The van der Waals surface area contributed by atoms with E-state index >= 15 is 0 Å². The standard InChI is InChI=1S/C13H19N3O2/c1-10-12(3-2-4-13(10)16(17)18)15-8-6-11-5-7-14-9-11/h2-4,11,14-15H,5-9H2,1H3. The molecule has 1 fully saturated rings. The monoisotopic (exact) mass is 249 g/mol. The van der Waals surface area contributed by atoms with E-state index < -0.39 is 0 Å². The average Bonchev–Trinajstić information content (AvgIpc) is 2.84. The topological polar surface area (TPSA) is 67.2 Å². The molecule has 1 aromatic rings. The van der Waals surface area contributed by atoms with Crippen molar-refractivity contribution in [2.24, 2.45) is 5.92 Å². The predicted molar refractivity (Wildman–Crippen MR) is 71.9 cm³/mol. The molecular weight excluding hydrogens is 230 g/mol. The molecule has 1 saturated heterocycles. The highest BCUT2D eigenvalue weighted by Gasteiger charge is 2.15. The van der Waals surface area contributed by atoms with Gasteiger partial charge in [0.15, 0.2) is 0 Å². The van der Waals surface area contributed by atoms with Gasteiger partial charge in [-0.05, 0) is 44.8 Å². The van der Waals surface area contributed by atoms with Crippen molar-refractivity contribution in [3.05, 3.63) is 33.9 Å². The smallest absolute Gasteiger partial charge is 0.274 e. The minimum absolute atomic E-state index is 0.183. The van der Waals surface area contributed by atoms with Gasteiger partial charge in [-0.2, -0.15) is 0 Å². The number of benzene rings is 1. The van der Waals surface area contributed by atoms with Crippen LogP contribution in [0.3, 0.4) is 0 Å². The third kappa shape index (κ3) is 2.98. The van der Waals surface area contributed by atoms with E-state index in [0.717, 1.165) is 37.7 Å². The average molecular weight is 249 g/mol. The van der Waals surface area contributed by atoms with Crippen LogP contribution in [0.25, 0.3) is 0 Å². The zero-order valence-corrected chi connectivity index (χ0v) is 10.6. The second kappa shape index (κ2) is 5.82. The number of rotatable bonds is 5. The molecule has 1 aliphatic rings. The second-order valence-electron chi connectivity index (χ2n) is 4.78. The van der Waals surface area contributed by atoms with Crippen LogP contribution in [0.15, 0.2) is 18.2 Å². The molecule has 2 N–H and O–H groups in total. The summed E-state index contributed by atoms with van der Waals surface area (Å²) in [4.78, 5) is 10.5. The summed E-state index contributed by atoms with van der Waals surface area (Å²) in [5.41, 5.74) is 1.77. The lowest BCUT2D eigenvalue weighted by Gasteiger charge is -2.12. The van der Waals surface area contributed by atoms with Crippen LogP contribution >= 0.6 is 0 Å². The first-order valence-corrected chi connectivity index (χ1v) is 6.37. The Labute approximate surface area is 107 Å². The molecule has 0 spiro atoms. The summed E-state index contributed by atoms with van der Waals surface area (Å²) in [6, 6.07) is 5.17. The molecule has 1 heterocycles. The van der Waals surface area contributed by atoms with Gasteiger partial charge in [0.25, 0.3) is 5.69 Å². The number of hydrogen-bond acceptors (Lipinski definition) is 4. The summed E-state index contributed by atoms with van der Waals surface area (Å²) in [6.45, 7) is 4.86. The molecule has 1 atom stereocenters. The van der Waals surface area contributed by atoms with Gasteiger partial charge < -0.3 is 10.6 Å². The third-order valence-electron chi connectivity index (χ3n) is 3.53. The van der Waals surface area contributed by atoms with Gasteiger partial charge >= 0.3 is 0 Å². The lowest BCUT2D eigenvalue weighted by molar-refractivity contribution is -0.385. The van der Waals surface area contributed by atoms with E-state index in [1.165, 1.54) is 6.42 Å². The fourth-order valence-electron chi connectivity index (χ4n) is 2.38. The van der Waals surface area contributed by atoms with E-state index in [4.69, 9.17) is 0 Å². The number of hydrogen-bond donors (Lipinski definition) is 2. The van der Waals surface area contributed by atoms with Crippen molar-refractivity contribution in [3.8, 4) is 0 Å². The van der Waals surface area contributed by atoms with Crippen LogP contribution in [0.5, 0.6) is 0 Å². The lowest BCUT2D eigenvalue weighted by Crippen LogP contribution is -2.13. The first-order valence-electron chi connectivity index (χ1n) is 6.37. The molecule has 98 valence electrons.